The van der Waals surface area contributed by atoms with Gasteiger partial charge in [-0.05, 0) is 29.8 Å². The summed E-state index contributed by atoms with van der Waals surface area (Å²) in [6.45, 7) is 0. The van der Waals surface area contributed by atoms with Gasteiger partial charge in [0.25, 0.3) is 5.91 Å². The lowest BCUT2D eigenvalue weighted by molar-refractivity contribution is 0.0935. The second-order valence-electron chi connectivity index (χ2n) is 4.53. The highest BCUT2D eigenvalue weighted by Crippen LogP contribution is 2.31. The summed E-state index contributed by atoms with van der Waals surface area (Å²) in [6, 6.07) is 12.3. The molecule has 102 valence electrons. The molecule has 5 heteroatoms. The predicted octanol–water partition coefficient (Wildman–Crippen LogP) is 2.25. The van der Waals surface area contributed by atoms with Gasteiger partial charge in [-0.15, -0.1) is 0 Å². The van der Waals surface area contributed by atoms with E-state index in [1.807, 2.05) is 18.2 Å². The number of amides is 1. The van der Waals surface area contributed by atoms with E-state index in [1.165, 1.54) is 7.11 Å². The van der Waals surface area contributed by atoms with Gasteiger partial charge >= 0.3 is 0 Å². The minimum absolute atomic E-state index is 0.0416. The molecule has 1 unspecified atom stereocenters. The maximum atomic E-state index is 12.0. The molecule has 5 nitrogen and oxygen atoms in total. The van der Waals surface area contributed by atoms with Crippen LogP contribution < -0.4 is 15.4 Å². The van der Waals surface area contributed by atoms with Crippen LogP contribution in [0, 0.1) is 0 Å². The zero-order chi connectivity index (χ0) is 14.1. The van der Waals surface area contributed by atoms with Gasteiger partial charge in [-0.25, -0.2) is 0 Å². The van der Waals surface area contributed by atoms with Crippen molar-refractivity contribution in [2.24, 2.45) is 0 Å². The van der Waals surface area contributed by atoms with E-state index >= 15 is 0 Å². The molecule has 0 radical (unpaired) electrons. The van der Waals surface area contributed by atoms with Crippen molar-refractivity contribution >= 4 is 11.6 Å². The number of phenols is 1. The largest absolute Gasteiger partial charge is 0.504 e. The molecule has 3 rings (SSSR count). The molecule has 0 bridgehead atoms. The van der Waals surface area contributed by atoms with E-state index < -0.39 is 0 Å². The highest BCUT2D eigenvalue weighted by atomic mass is 16.5. The third-order valence-corrected chi connectivity index (χ3v) is 3.28. The Morgan fingerprint density at radius 1 is 1.15 bits per heavy atom. The zero-order valence-electron chi connectivity index (χ0n) is 10.9. The van der Waals surface area contributed by atoms with Crippen LogP contribution in [0.4, 0.5) is 5.69 Å². The Hall–Kier alpha value is -2.69. The van der Waals surface area contributed by atoms with Crippen molar-refractivity contribution in [2.75, 3.05) is 12.4 Å². The molecule has 1 aliphatic rings. The zero-order valence-corrected chi connectivity index (χ0v) is 10.9. The molecule has 1 aliphatic heterocycles. The summed E-state index contributed by atoms with van der Waals surface area (Å²) < 4.78 is 5.01. The first-order chi connectivity index (χ1) is 9.69. The quantitative estimate of drug-likeness (QED) is 0.782. The second kappa shape index (κ2) is 4.77. The molecular weight excluding hydrogens is 256 g/mol. The molecule has 2 aromatic carbocycles. The maximum absolute atomic E-state index is 12.0. The van der Waals surface area contributed by atoms with E-state index in [2.05, 4.69) is 10.6 Å². The number of nitrogens with one attached hydrogen (secondary N) is 2. The van der Waals surface area contributed by atoms with E-state index in [-0.39, 0.29) is 17.8 Å². The summed E-state index contributed by atoms with van der Waals surface area (Å²) in [5, 5.41) is 15.9. The molecule has 20 heavy (non-hydrogen) atoms. The minimum Gasteiger partial charge on any atom is -0.504 e. The lowest BCUT2D eigenvalue weighted by Gasteiger charge is -2.28. The molecule has 1 atom stereocenters. The molecule has 0 saturated carbocycles. The smallest absolute Gasteiger partial charge is 0.255 e. The van der Waals surface area contributed by atoms with Crippen LogP contribution >= 0.6 is 0 Å². The molecule has 0 aromatic heterocycles. The van der Waals surface area contributed by atoms with Gasteiger partial charge < -0.3 is 20.5 Å². The van der Waals surface area contributed by atoms with Crippen LogP contribution in [-0.2, 0) is 0 Å². The topological polar surface area (TPSA) is 70.6 Å². The first-order valence-electron chi connectivity index (χ1n) is 6.22. The monoisotopic (exact) mass is 270 g/mol. The summed E-state index contributed by atoms with van der Waals surface area (Å²) in [5.74, 6) is 0.302. The lowest BCUT2D eigenvalue weighted by Crippen LogP contribution is -2.38. The predicted molar refractivity (Wildman–Crippen MR) is 74.9 cm³/mol. The fourth-order valence-electron chi connectivity index (χ4n) is 2.26. The van der Waals surface area contributed by atoms with Crippen LogP contribution in [0.1, 0.15) is 22.1 Å². The summed E-state index contributed by atoms with van der Waals surface area (Å²) in [7, 11) is 1.49. The Balaban J connectivity index is 1.94. The summed E-state index contributed by atoms with van der Waals surface area (Å²) in [6.07, 6.45) is -0.380. The number of fused-ring (bicyclic) bond motifs is 1. The molecule has 3 N–H and O–H groups in total. The summed E-state index contributed by atoms with van der Waals surface area (Å²) in [5.41, 5.74) is 2.14. The number of rotatable bonds is 2. The minimum atomic E-state index is -0.380. The van der Waals surface area contributed by atoms with Crippen molar-refractivity contribution in [1.29, 1.82) is 0 Å². The normalized spacial score (nSPS) is 16.9. The van der Waals surface area contributed by atoms with E-state index in [4.69, 9.17) is 4.74 Å². The molecule has 1 amide bonds. The molecule has 2 aromatic rings. The van der Waals surface area contributed by atoms with Gasteiger partial charge in [0, 0.05) is 5.69 Å². The Kier molecular flexibility index (Phi) is 2.95. The number of benzene rings is 2. The fourth-order valence-corrected chi connectivity index (χ4v) is 2.26. The van der Waals surface area contributed by atoms with Gasteiger partial charge in [-0.2, -0.15) is 0 Å². The van der Waals surface area contributed by atoms with Crippen molar-refractivity contribution in [2.45, 2.75) is 6.17 Å². The van der Waals surface area contributed by atoms with Crippen LogP contribution in [0.25, 0.3) is 0 Å². The molecule has 0 saturated heterocycles. The number of carbonyl (C=O) groups is 1. The van der Waals surface area contributed by atoms with E-state index in [0.717, 1.165) is 11.3 Å². The van der Waals surface area contributed by atoms with Gasteiger partial charge in [0.1, 0.15) is 6.17 Å². The molecule has 0 fully saturated rings. The van der Waals surface area contributed by atoms with Crippen molar-refractivity contribution in [3.8, 4) is 11.5 Å². The number of ether oxygens (including phenoxy) is 1. The van der Waals surface area contributed by atoms with Crippen LogP contribution in [0.5, 0.6) is 11.5 Å². The highest BCUT2D eigenvalue weighted by molar-refractivity contribution is 6.01. The van der Waals surface area contributed by atoms with Gasteiger partial charge in [0.15, 0.2) is 11.5 Å². The second-order valence-corrected chi connectivity index (χ2v) is 4.53. The van der Waals surface area contributed by atoms with E-state index in [0.29, 0.717) is 11.3 Å². The van der Waals surface area contributed by atoms with Crippen molar-refractivity contribution in [1.82, 2.24) is 5.32 Å². The lowest BCUT2D eigenvalue weighted by atomic mass is 10.1. The molecule has 0 aliphatic carbocycles. The fraction of sp³-hybridized carbons (Fsp3) is 0.133. The van der Waals surface area contributed by atoms with Crippen LogP contribution in [0.2, 0.25) is 0 Å². The first-order valence-corrected chi connectivity index (χ1v) is 6.22. The summed E-state index contributed by atoms with van der Waals surface area (Å²) in [4.78, 5) is 12.0. The molecule has 0 spiro atoms. The standard InChI is InChI=1S/C15H14N2O3/c1-20-13-7-6-9(8-12(13)18)14-16-11-5-3-2-4-10(11)15(19)17-14/h2-8,14,16,18H,1H3,(H,17,19). The van der Waals surface area contributed by atoms with Gasteiger partial charge in [-0.3, -0.25) is 4.79 Å². The molecule has 1 heterocycles. The van der Waals surface area contributed by atoms with Gasteiger partial charge in [-0.1, -0.05) is 18.2 Å². The number of carbonyl (C=O) groups excluding carboxylic acids is 1. The Labute approximate surface area is 116 Å². The van der Waals surface area contributed by atoms with Crippen molar-refractivity contribution in [3.05, 3.63) is 53.6 Å². The Morgan fingerprint density at radius 2 is 1.95 bits per heavy atom. The maximum Gasteiger partial charge on any atom is 0.255 e. The molecular formula is C15H14N2O3. The average molecular weight is 270 g/mol. The van der Waals surface area contributed by atoms with Crippen molar-refractivity contribution < 1.29 is 14.6 Å². The highest BCUT2D eigenvalue weighted by Gasteiger charge is 2.24. The average Bonchev–Trinajstić information content (AvgIpc) is 2.47. The Bertz CT molecular complexity index is 670. The van der Waals surface area contributed by atoms with Crippen molar-refractivity contribution in [3.63, 3.8) is 0 Å². The number of aromatic hydroxyl groups is 1. The van der Waals surface area contributed by atoms with Crippen LogP contribution in [-0.4, -0.2) is 18.1 Å². The van der Waals surface area contributed by atoms with Gasteiger partial charge in [0.2, 0.25) is 0 Å². The SMILES string of the molecule is COc1ccc(C2NC(=O)c3ccccc3N2)cc1O. The first kappa shape index (κ1) is 12.3. The number of hydrogen-bond donors (Lipinski definition) is 3. The third kappa shape index (κ3) is 2.03. The Morgan fingerprint density at radius 3 is 2.70 bits per heavy atom. The van der Waals surface area contributed by atoms with Gasteiger partial charge in [0.05, 0.1) is 12.7 Å². The number of methoxy groups -OCH3 is 1. The third-order valence-electron chi connectivity index (χ3n) is 3.28. The van der Waals surface area contributed by atoms with E-state index in [9.17, 15) is 9.90 Å². The number of anilines is 1. The van der Waals surface area contributed by atoms with E-state index in [1.54, 1.807) is 24.3 Å². The number of para-hydroxylation sites is 1. The number of phenolic OH excluding ortho intramolecular Hbond substituents is 1. The number of hydrogen-bond acceptors (Lipinski definition) is 4. The summed E-state index contributed by atoms with van der Waals surface area (Å²) >= 11 is 0. The van der Waals surface area contributed by atoms with Crippen LogP contribution in [0.3, 0.4) is 0 Å². The van der Waals surface area contributed by atoms with Crippen LogP contribution in [0.15, 0.2) is 42.5 Å².